The van der Waals surface area contributed by atoms with Crippen LogP contribution in [0, 0.1) is 0 Å². The molecule has 0 N–H and O–H groups in total. The Morgan fingerprint density at radius 3 is 0.125 bits per heavy atom. The number of hydrogen-bond acceptors (Lipinski definition) is 36. The van der Waals surface area contributed by atoms with E-state index in [0.717, 1.165) is 0 Å². The molecule has 0 aliphatic carbocycles. The first kappa shape index (κ1) is 133. The van der Waals surface area contributed by atoms with E-state index in [1.165, 1.54) is 0 Å². The van der Waals surface area contributed by atoms with Crippen LogP contribution in [0.1, 0.15) is 0 Å². The van der Waals surface area contributed by atoms with Crippen LogP contribution in [-0.2, 0) is 132 Å². The van der Waals surface area contributed by atoms with Gasteiger partial charge >= 0.3 is 132 Å². The van der Waals surface area contributed by atoms with Gasteiger partial charge in [0.2, 0.25) is 0 Å². The zero-order valence-electron chi connectivity index (χ0n) is 23.2. The summed E-state index contributed by atoms with van der Waals surface area (Å²) in [5.74, 6) is 0. The maximum atomic E-state index is 8.33. The van der Waals surface area contributed by atoms with Crippen molar-refractivity contribution in [1.82, 2.24) is 0 Å². The van der Waals surface area contributed by atoms with Crippen LogP contribution < -0.4 is 123 Å². The summed E-state index contributed by atoms with van der Waals surface area (Å²) in [4.78, 5) is 100. The minimum atomic E-state index is -2.33. The number of carboxylic acid groups (broad SMARTS) is 24. The average molecular weight is 1190 g/mol. The van der Waals surface area contributed by atoms with Crippen molar-refractivity contribution >= 4 is 73.9 Å². The molecule has 0 heterocycles. The van der Waals surface area contributed by atoms with Gasteiger partial charge in [0.15, 0.2) is 0 Å². The second-order valence-electron chi connectivity index (χ2n) is 3.00. The van der Waals surface area contributed by atoms with Crippen LogP contribution in [0.15, 0.2) is 0 Å². The third-order valence-corrected chi connectivity index (χ3v) is 0. The molecule has 0 aliphatic rings. The van der Waals surface area contributed by atoms with Gasteiger partial charge in [-0.2, -0.15) is 0 Å². The summed E-state index contributed by atoms with van der Waals surface area (Å²) in [6.45, 7) is 0. The van der Waals surface area contributed by atoms with Crippen molar-refractivity contribution in [3.8, 4) is 0 Å². The molecule has 344 valence electrons. The fourth-order valence-electron chi connectivity index (χ4n) is 0. The Morgan fingerprint density at radius 1 is 0.125 bits per heavy atom. The van der Waals surface area contributed by atoms with Crippen molar-refractivity contribution in [2.45, 2.75) is 0 Å². The predicted octanol–water partition coefficient (Wildman–Crippen LogP) is -29.4. The summed E-state index contributed by atoms with van der Waals surface area (Å²) in [6.07, 6.45) is -28.0. The topological polar surface area (TPSA) is 758 Å². The summed E-state index contributed by atoms with van der Waals surface area (Å²) in [6, 6.07) is 0. The van der Waals surface area contributed by atoms with Crippen molar-refractivity contribution in [1.29, 1.82) is 0 Å². The molecular formula is C12Ni8O36. The number of carbonyl (C=O) groups is 12. The third kappa shape index (κ3) is 4930. The third-order valence-electron chi connectivity index (χ3n) is 0. The van der Waals surface area contributed by atoms with Gasteiger partial charge in [0.05, 0.1) is 0 Å². The van der Waals surface area contributed by atoms with Crippen LogP contribution in [-0.4, -0.2) is 73.9 Å². The zero-order valence-corrected chi connectivity index (χ0v) is 31.1. The van der Waals surface area contributed by atoms with Gasteiger partial charge in [-0.15, -0.1) is 0 Å². The van der Waals surface area contributed by atoms with E-state index in [9.17, 15) is 0 Å². The molecule has 0 aliphatic heterocycles. The number of rotatable bonds is 0. The molecule has 36 nitrogen and oxygen atoms in total. The second-order valence-corrected chi connectivity index (χ2v) is 3.00. The first-order chi connectivity index (χ1) is 20.8. The summed E-state index contributed by atoms with van der Waals surface area (Å²) < 4.78 is 0. The van der Waals surface area contributed by atoms with Gasteiger partial charge in [-0.1, -0.05) is 0 Å². The van der Waals surface area contributed by atoms with E-state index in [-0.39, 0.29) is 132 Å². The van der Waals surface area contributed by atoms with Crippen LogP contribution in [0.25, 0.3) is 0 Å². The van der Waals surface area contributed by atoms with Crippen molar-refractivity contribution in [3.63, 3.8) is 0 Å². The number of hydrogen-bond donors (Lipinski definition) is 0. The fraction of sp³-hybridized carbons (Fsp3) is 0. The molecular weight excluding hydrogens is 1190 g/mol. The quantitative estimate of drug-likeness (QED) is 0.203. The van der Waals surface area contributed by atoms with Crippen molar-refractivity contribution < 1.29 is 312 Å². The van der Waals surface area contributed by atoms with Gasteiger partial charge in [0.25, 0.3) is 0 Å². The Hall–Kier alpha value is -4.81. The van der Waals surface area contributed by atoms with Crippen LogP contribution >= 0.6 is 0 Å². The van der Waals surface area contributed by atoms with E-state index in [1.807, 2.05) is 0 Å². The standard InChI is InChI=1S/12CH2O3.8Ni/c12*2-1(3)4;;;;;;;;/h12*(H2,2,3,4);;;;;;;;/q;;;;;;;;;;;;8*+3/p-24. The van der Waals surface area contributed by atoms with Gasteiger partial charge in [-0.25, -0.2) is 0 Å². The minimum absolute atomic E-state index is 0. The normalized spacial score (nSPS) is 5.14. The second kappa shape index (κ2) is 125. The van der Waals surface area contributed by atoms with Gasteiger partial charge in [-0.05, 0) is 73.9 Å². The van der Waals surface area contributed by atoms with E-state index >= 15 is 0 Å². The van der Waals surface area contributed by atoms with Crippen LogP contribution in [0.2, 0.25) is 0 Å². The maximum Gasteiger partial charge on any atom is 3.00 e. The van der Waals surface area contributed by atoms with Gasteiger partial charge in [-0.3, -0.25) is 0 Å². The molecule has 44 heteroatoms. The Kier molecular flexibility index (Phi) is 295. The molecule has 0 aromatic heterocycles. The molecule has 0 unspecified atom stereocenters. The summed E-state index contributed by atoms with van der Waals surface area (Å²) in [5, 5.41) is 200. The summed E-state index contributed by atoms with van der Waals surface area (Å²) in [5.41, 5.74) is 0. The first-order valence-electron chi connectivity index (χ1n) is 7.35. The van der Waals surface area contributed by atoms with E-state index < -0.39 is 73.9 Å². The van der Waals surface area contributed by atoms with Crippen molar-refractivity contribution in [2.75, 3.05) is 0 Å². The van der Waals surface area contributed by atoms with Crippen LogP contribution in [0.4, 0.5) is 57.5 Å². The smallest absolute Gasteiger partial charge is 0.652 e. The van der Waals surface area contributed by atoms with E-state index in [1.54, 1.807) is 0 Å². The van der Waals surface area contributed by atoms with Gasteiger partial charge in [0, 0.05) is 0 Å². The first-order valence-corrected chi connectivity index (χ1v) is 7.35. The molecule has 0 bridgehead atoms. The number of carbonyl (C=O) groups excluding carboxylic acids is 12. The molecule has 0 atom stereocenters. The molecule has 0 rings (SSSR count). The average Bonchev–Trinajstić information content (AvgIpc) is 2.61. The molecule has 0 saturated heterocycles. The Bertz CT molecular complexity index is 606. The fourth-order valence-corrected chi connectivity index (χ4v) is 0. The summed E-state index contributed by atoms with van der Waals surface area (Å²) in [7, 11) is 0. The van der Waals surface area contributed by atoms with Crippen molar-refractivity contribution in [2.24, 2.45) is 0 Å². The molecule has 0 amide bonds. The maximum absolute atomic E-state index is 8.33. The molecule has 0 spiro atoms. The van der Waals surface area contributed by atoms with E-state index in [0.29, 0.717) is 0 Å². The Labute approximate surface area is 383 Å². The van der Waals surface area contributed by atoms with Crippen LogP contribution in [0.5, 0.6) is 0 Å². The monoisotopic (exact) mass is 1180 g/mol. The van der Waals surface area contributed by atoms with Gasteiger partial charge < -0.3 is 180 Å². The molecule has 8 radical (unpaired) electrons. The Balaban J connectivity index is -0.0000000138. The molecule has 0 aromatic rings. The molecule has 56 heavy (non-hydrogen) atoms. The van der Waals surface area contributed by atoms with Crippen LogP contribution in [0.3, 0.4) is 0 Å². The predicted molar refractivity (Wildman–Crippen MR) is 64.8 cm³/mol. The molecule has 0 saturated carbocycles. The molecule has 0 fully saturated rings. The zero-order chi connectivity index (χ0) is 42.9. The van der Waals surface area contributed by atoms with Gasteiger partial charge in [0.1, 0.15) is 0 Å². The molecule has 0 aromatic carbocycles. The summed E-state index contributed by atoms with van der Waals surface area (Å²) >= 11 is 0. The van der Waals surface area contributed by atoms with E-state index in [4.69, 9.17) is 180 Å². The van der Waals surface area contributed by atoms with E-state index in [2.05, 4.69) is 0 Å². The van der Waals surface area contributed by atoms with Crippen molar-refractivity contribution in [3.05, 3.63) is 0 Å². The minimum Gasteiger partial charge on any atom is -0.652 e. The largest absolute Gasteiger partial charge is 3.00 e. The Morgan fingerprint density at radius 2 is 0.125 bits per heavy atom. The SMILES string of the molecule is O=C([O-])[O-].O=C([O-])[O-].O=C([O-])[O-].O=C([O-])[O-].O=C([O-])[O-].O=C([O-])[O-].O=C([O-])[O-].O=C([O-])[O-].O=C([O-])[O-].O=C([O-])[O-].O=C([O-])[O-].O=C([O-])[O-].[Ni+3].[Ni+3].[Ni+3].[Ni+3].[Ni+3].[Ni+3].[Ni+3].[Ni+3].